The molecule has 0 saturated heterocycles. The summed E-state index contributed by atoms with van der Waals surface area (Å²) in [5, 5.41) is 0. The van der Waals surface area contributed by atoms with Gasteiger partial charge in [0.05, 0.1) is 5.92 Å². The summed E-state index contributed by atoms with van der Waals surface area (Å²) in [6.07, 6.45) is -2.67. The molecule has 1 aromatic heterocycles. The number of anilines is 1. The van der Waals surface area contributed by atoms with Gasteiger partial charge in [0.2, 0.25) is 5.95 Å². The topological polar surface area (TPSA) is 84.7 Å². The Kier molecular flexibility index (Phi) is 3.27. The fourth-order valence-corrected chi connectivity index (χ4v) is 2.44. The molecule has 0 aromatic carbocycles. The number of nitrogens with zero attached hydrogens (tertiary/aromatic N) is 2. The highest BCUT2D eigenvalue weighted by atomic mass is 19.4. The second-order valence-corrected chi connectivity index (χ2v) is 4.44. The Bertz CT molecular complexity index is 485. The first-order valence-electron chi connectivity index (χ1n) is 5.68. The molecular formula is C10H13F3N4O. The number of hydrogen-bond acceptors (Lipinski definition) is 4. The van der Waals surface area contributed by atoms with Gasteiger partial charge >= 0.3 is 11.9 Å². The molecule has 2 atom stereocenters. The van der Waals surface area contributed by atoms with Gasteiger partial charge in [-0.1, -0.05) is 12.8 Å². The van der Waals surface area contributed by atoms with Gasteiger partial charge in [-0.2, -0.15) is 23.1 Å². The van der Waals surface area contributed by atoms with Crippen LogP contribution in [0, 0.1) is 5.92 Å². The maximum atomic E-state index is 12.9. The summed E-state index contributed by atoms with van der Waals surface area (Å²) in [5.41, 5.74) is 4.54. The van der Waals surface area contributed by atoms with E-state index in [-0.39, 0.29) is 18.2 Å². The molecule has 100 valence electrons. The number of nitrogen functional groups attached to an aromatic ring is 1. The lowest BCUT2D eigenvalue weighted by Crippen LogP contribution is -2.34. The van der Waals surface area contributed by atoms with Crippen LogP contribution in [0.3, 0.4) is 0 Å². The third kappa shape index (κ3) is 2.62. The second-order valence-electron chi connectivity index (χ2n) is 4.44. The molecule has 0 radical (unpaired) electrons. The van der Waals surface area contributed by atoms with E-state index in [9.17, 15) is 18.0 Å². The maximum absolute atomic E-state index is 12.9. The molecule has 2 rings (SSSR count). The highest BCUT2D eigenvalue weighted by Gasteiger charge is 2.46. The zero-order chi connectivity index (χ0) is 13.3. The van der Waals surface area contributed by atoms with Crippen LogP contribution in [-0.4, -0.2) is 21.1 Å². The van der Waals surface area contributed by atoms with Crippen molar-refractivity contribution >= 4 is 5.95 Å². The number of alkyl halides is 3. The number of halogens is 3. The van der Waals surface area contributed by atoms with Gasteiger partial charge < -0.3 is 5.73 Å². The summed E-state index contributed by atoms with van der Waals surface area (Å²) in [6.45, 7) is 0. The number of rotatable bonds is 1. The van der Waals surface area contributed by atoms with Gasteiger partial charge in [-0.3, -0.25) is 4.98 Å². The van der Waals surface area contributed by atoms with E-state index in [4.69, 9.17) is 5.73 Å². The van der Waals surface area contributed by atoms with Crippen molar-refractivity contribution in [2.24, 2.45) is 5.92 Å². The van der Waals surface area contributed by atoms with E-state index in [0.29, 0.717) is 19.3 Å². The van der Waals surface area contributed by atoms with Crippen molar-refractivity contribution in [2.75, 3.05) is 5.73 Å². The molecule has 1 saturated carbocycles. The molecule has 0 bridgehead atoms. The number of aromatic nitrogens is 3. The number of nitrogens with one attached hydrogen (secondary N) is 1. The molecule has 2 unspecified atom stereocenters. The van der Waals surface area contributed by atoms with Crippen LogP contribution in [0.5, 0.6) is 0 Å². The van der Waals surface area contributed by atoms with Crippen LogP contribution in [0.15, 0.2) is 4.79 Å². The molecule has 8 heteroatoms. The van der Waals surface area contributed by atoms with Crippen molar-refractivity contribution in [3.05, 3.63) is 16.3 Å². The average Bonchev–Trinajstić information content (AvgIpc) is 2.26. The Morgan fingerprint density at radius 3 is 2.50 bits per heavy atom. The lowest BCUT2D eigenvalue weighted by molar-refractivity contribution is -0.187. The lowest BCUT2D eigenvalue weighted by Gasteiger charge is -2.32. The largest absolute Gasteiger partial charge is 0.392 e. The Morgan fingerprint density at radius 1 is 1.22 bits per heavy atom. The van der Waals surface area contributed by atoms with Gasteiger partial charge in [0.15, 0.2) is 0 Å². The Balaban J connectivity index is 2.36. The van der Waals surface area contributed by atoms with E-state index in [0.717, 1.165) is 0 Å². The third-order valence-corrected chi connectivity index (χ3v) is 3.22. The third-order valence-electron chi connectivity index (χ3n) is 3.22. The Morgan fingerprint density at radius 2 is 1.89 bits per heavy atom. The average molecular weight is 262 g/mol. The molecule has 0 spiro atoms. The fourth-order valence-electron chi connectivity index (χ4n) is 2.44. The fraction of sp³-hybridized carbons (Fsp3) is 0.700. The summed E-state index contributed by atoms with van der Waals surface area (Å²) in [5.74, 6) is -2.61. The van der Waals surface area contributed by atoms with Gasteiger partial charge in [-0.15, -0.1) is 0 Å². The SMILES string of the molecule is Nc1nc(C2CCCCC2C(F)(F)F)[nH]c(=O)n1. The van der Waals surface area contributed by atoms with Crippen molar-refractivity contribution in [2.45, 2.75) is 37.8 Å². The molecule has 3 N–H and O–H groups in total. The summed E-state index contributed by atoms with van der Waals surface area (Å²) in [7, 11) is 0. The Labute approximate surface area is 101 Å². The van der Waals surface area contributed by atoms with E-state index in [1.807, 2.05) is 0 Å². The maximum Gasteiger partial charge on any atom is 0.392 e. The van der Waals surface area contributed by atoms with Crippen molar-refractivity contribution in [1.82, 2.24) is 15.0 Å². The minimum absolute atomic E-state index is 0.00507. The van der Waals surface area contributed by atoms with Crippen LogP contribution >= 0.6 is 0 Å². The highest BCUT2D eigenvalue weighted by molar-refractivity contribution is 5.15. The second kappa shape index (κ2) is 4.58. The lowest BCUT2D eigenvalue weighted by atomic mass is 9.78. The molecule has 1 aromatic rings. The quantitative estimate of drug-likeness (QED) is 0.804. The van der Waals surface area contributed by atoms with E-state index >= 15 is 0 Å². The van der Waals surface area contributed by atoms with Gasteiger partial charge in [0.1, 0.15) is 5.82 Å². The zero-order valence-corrected chi connectivity index (χ0v) is 9.50. The summed E-state index contributed by atoms with van der Waals surface area (Å²) >= 11 is 0. The van der Waals surface area contributed by atoms with Gasteiger partial charge in [-0.25, -0.2) is 4.79 Å². The molecule has 18 heavy (non-hydrogen) atoms. The van der Waals surface area contributed by atoms with E-state index < -0.39 is 23.7 Å². The van der Waals surface area contributed by atoms with Crippen molar-refractivity contribution in [3.8, 4) is 0 Å². The number of aromatic amines is 1. The van der Waals surface area contributed by atoms with Gasteiger partial charge in [-0.05, 0) is 12.8 Å². The molecule has 0 amide bonds. The van der Waals surface area contributed by atoms with Crippen molar-refractivity contribution in [1.29, 1.82) is 0 Å². The molecule has 5 nitrogen and oxygen atoms in total. The Hall–Kier alpha value is -1.60. The summed E-state index contributed by atoms with van der Waals surface area (Å²) in [4.78, 5) is 20.4. The van der Waals surface area contributed by atoms with E-state index in [1.165, 1.54) is 0 Å². The highest BCUT2D eigenvalue weighted by Crippen LogP contribution is 2.45. The van der Waals surface area contributed by atoms with Crippen LogP contribution in [0.2, 0.25) is 0 Å². The van der Waals surface area contributed by atoms with Crippen LogP contribution in [0.4, 0.5) is 19.1 Å². The first-order chi connectivity index (χ1) is 8.38. The van der Waals surface area contributed by atoms with Crippen LogP contribution < -0.4 is 11.4 Å². The standard InChI is InChI=1S/C10H13F3N4O/c11-10(12,13)6-4-2-1-3-5(6)7-15-8(14)17-9(18)16-7/h5-6H,1-4H2,(H3,14,15,16,17,18). The number of H-pyrrole nitrogens is 1. The number of hydrogen-bond donors (Lipinski definition) is 2. The van der Waals surface area contributed by atoms with Crippen molar-refractivity contribution < 1.29 is 13.2 Å². The predicted octanol–water partition coefficient (Wildman–Crippen LogP) is 1.58. The monoisotopic (exact) mass is 262 g/mol. The minimum Gasteiger partial charge on any atom is -0.368 e. The van der Waals surface area contributed by atoms with E-state index in [1.54, 1.807) is 0 Å². The minimum atomic E-state index is -4.29. The van der Waals surface area contributed by atoms with Gasteiger partial charge in [0.25, 0.3) is 0 Å². The molecule has 1 aliphatic carbocycles. The van der Waals surface area contributed by atoms with Crippen molar-refractivity contribution in [3.63, 3.8) is 0 Å². The first-order valence-corrected chi connectivity index (χ1v) is 5.68. The van der Waals surface area contributed by atoms with Crippen LogP contribution in [0.1, 0.15) is 37.4 Å². The number of nitrogens with two attached hydrogens (primary N) is 1. The first kappa shape index (κ1) is 12.8. The smallest absolute Gasteiger partial charge is 0.368 e. The molecule has 1 aliphatic rings. The molecular weight excluding hydrogens is 249 g/mol. The van der Waals surface area contributed by atoms with E-state index in [2.05, 4.69) is 15.0 Å². The van der Waals surface area contributed by atoms with Crippen LogP contribution in [-0.2, 0) is 0 Å². The molecule has 1 heterocycles. The predicted molar refractivity (Wildman–Crippen MR) is 57.8 cm³/mol. The van der Waals surface area contributed by atoms with Gasteiger partial charge in [0, 0.05) is 5.92 Å². The molecule has 1 fully saturated rings. The molecule has 0 aliphatic heterocycles. The van der Waals surface area contributed by atoms with Crippen LogP contribution in [0.25, 0.3) is 0 Å². The summed E-state index contributed by atoms with van der Waals surface area (Å²) < 4.78 is 38.7. The zero-order valence-electron chi connectivity index (χ0n) is 9.50. The normalized spacial score (nSPS) is 25.1. The summed E-state index contributed by atoms with van der Waals surface area (Å²) in [6, 6.07) is 0.